The van der Waals surface area contributed by atoms with Gasteiger partial charge in [0.15, 0.2) is 0 Å². The molecule has 0 unspecified atom stereocenters. The molecule has 5 nitrogen and oxygen atoms in total. The monoisotopic (exact) mass is 324 g/mol. The number of carbonyl (C=O) groups excluding carboxylic acids is 1. The molecule has 1 saturated carbocycles. The van der Waals surface area contributed by atoms with Crippen LogP contribution in [0.1, 0.15) is 46.5 Å². The molecule has 2 heterocycles. The van der Waals surface area contributed by atoms with Crippen molar-refractivity contribution in [2.45, 2.75) is 64.2 Å². The molecule has 3 fully saturated rings. The summed E-state index contributed by atoms with van der Waals surface area (Å²) in [4.78, 5) is 15.9. The Labute approximate surface area is 140 Å². The number of hydrogen-bond acceptors (Lipinski definition) is 4. The van der Waals surface area contributed by atoms with Gasteiger partial charge in [0.25, 0.3) is 0 Å². The van der Waals surface area contributed by atoms with Crippen LogP contribution in [0.15, 0.2) is 0 Å². The molecular weight excluding hydrogens is 292 g/mol. The quantitative estimate of drug-likeness (QED) is 0.836. The Bertz CT molecular complexity index is 452. The molecule has 0 aromatic rings. The molecule has 1 amide bonds. The van der Waals surface area contributed by atoms with Crippen molar-refractivity contribution in [3.63, 3.8) is 0 Å². The van der Waals surface area contributed by atoms with E-state index in [0.29, 0.717) is 17.9 Å². The van der Waals surface area contributed by atoms with Crippen LogP contribution in [0.3, 0.4) is 0 Å². The zero-order valence-corrected chi connectivity index (χ0v) is 15.0. The van der Waals surface area contributed by atoms with E-state index in [9.17, 15) is 9.90 Å². The van der Waals surface area contributed by atoms with Gasteiger partial charge in [0.1, 0.15) is 6.61 Å². The number of morpholine rings is 1. The topological polar surface area (TPSA) is 53.0 Å². The Balaban J connectivity index is 1.55. The fourth-order valence-electron chi connectivity index (χ4n) is 4.56. The molecule has 0 radical (unpaired) electrons. The molecule has 5 heteroatoms. The summed E-state index contributed by atoms with van der Waals surface area (Å²) >= 11 is 0. The number of fused-ring (bicyclic) bond motifs is 1. The molecule has 1 N–H and O–H groups in total. The number of aliphatic hydroxyl groups is 1. The molecule has 0 aromatic carbocycles. The Morgan fingerprint density at radius 3 is 2.52 bits per heavy atom. The lowest BCUT2D eigenvalue weighted by Gasteiger charge is -2.42. The number of amides is 1. The molecule has 3 rings (SSSR count). The summed E-state index contributed by atoms with van der Waals surface area (Å²) in [5.74, 6) is 0.772. The van der Waals surface area contributed by atoms with Gasteiger partial charge >= 0.3 is 0 Å². The largest absolute Gasteiger partial charge is 0.389 e. The summed E-state index contributed by atoms with van der Waals surface area (Å²) in [6, 6.07) is 0.144. The van der Waals surface area contributed by atoms with E-state index >= 15 is 0 Å². The molecule has 2 atom stereocenters. The van der Waals surface area contributed by atoms with Gasteiger partial charge in [-0.15, -0.1) is 0 Å². The number of nitrogens with zero attached hydrogens (tertiary/aromatic N) is 2. The van der Waals surface area contributed by atoms with Gasteiger partial charge in [0.2, 0.25) is 5.91 Å². The third-order valence-electron chi connectivity index (χ3n) is 6.28. The summed E-state index contributed by atoms with van der Waals surface area (Å²) in [5.41, 5.74) is -0.237. The first-order valence-corrected chi connectivity index (χ1v) is 9.00. The van der Waals surface area contributed by atoms with Crippen molar-refractivity contribution in [1.82, 2.24) is 9.80 Å². The van der Waals surface area contributed by atoms with Crippen LogP contribution in [-0.4, -0.2) is 71.8 Å². The minimum absolute atomic E-state index is 0.0671. The minimum Gasteiger partial charge on any atom is -0.389 e. The summed E-state index contributed by atoms with van der Waals surface area (Å²) in [5, 5.41) is 11.0. The number of β-amino-alcohol motifs (C(OH)–C–C–N with tert-alkyl or cyclic N) is 1. The van der Waals surface area contributed by atoms with Crippen molar-refractivity contribution >= 4 is 5.91 Å². The van der Waals surface area contributed by atoms with Gasteiger partial charge in [-0.2, -0.15) is 0 Å². The van der Waals surface area contributed by atoms with Crippen LogP contribution in [0.2, 0.25) is 0 Å². The first-order valence-electron chi connectivity index (χ1n) is 9.00. The van der Waals surface area contributed by atoms with Crippen molar-refractivity contribution in [3.05, 3.63) is 0 Å². The maximum Gasteiger partial charge on any atom is 0.248 e. The van der Waals surface area contributed by atoms with Gasteiger partial charge < -0.3 is 14.7 Å². The van der Waals surface area contributed by atoms with E-state index < -0.39 is 5.60 Å². The van der Waals surface area contributed by atoms with Crippen LogP contribution in [-0.2, 0) is 9.53 Å². The average Bonchev–Trinajstić information content (AvgIpc) is 2.85. The second-order valence-electron chi connectivity index (χ2n) is 8.98. The van der Waals surface area contributed by atoms with Crippen molar-refractivity contribution in [2.75, 3.05) is 33.3 Å². The lowest BCUT2D eigenvalue weighted by molar-refractivity contribution is -0.150. The van der Waals surface area contributed by atoms with Crippen molar-refractivity contribution in [3.8, 4) is 0 Å². The fraction of sp³-hybridized carbons (Fsp3) is 0.944. The summed E-state index contributed by atoms with van der Waals surface area (Å²) < 4.78 is 5.68. The lowest BCUT2D eigenvalue weighted by atomic mass is 9.68. The second-order valence-corrected chi connectivity index (χ2v) is 8.98. The maximum absolute atomic E-state index is 11.8. The Hall–Kier alpha value is -0.650. The molecular formula is C18H32N2O3. The summed E-state index contributed by atoms with van der Waals surface area (Å²) in [6.07, 6.45) is 4.09. The van der Waals surface area contributed by atoms with E-state index in [0.717, 1.165) is 38.8 Å². The first-order chi connectivity index (χ1) is 10.7. The Morgan fingerprint density at radius 1 is 1.26 bits per heavy atom. The van der Waals surface area contributed by atoms with Gasteiger partial charge in [0.05, 0.1) is 17.7 Å². The molecule has 3 aliphatic rings. The molecule has 132 valence electrons. The molecule has 0 spiro atoms. The van der Waals surface area contributed by atoms with E-state index in [2.05, 4.69) is 25.7 Å². The highest BCUT2D eigenvalue weighted by molar-refractivity contribution is 5.78. The molecule has 23 heavy (non-hydrogen) atoms. The highest BCUT2D eigenvalue weighted by atomic mass is 16.5. The van der Waals surface area contributed by atoms with E-state index in [1.165, 1.54) is 0 Å². The van der Waals surface area contributed by atoms with Gasteiger partial charge in [-0.25, -0.2) is 0 Å². The highest BCUT2D eigenvalue weighted by Crippen LogP contribution is 2.42. The van der Waals surface area contributed by atoms with Gasteiger partial charge in [-0.3, -0.25) is 9.69 Å². The fourth-order valence-corrected chi connectivity index (χ4v) is 4.56. The van der Waals surface area contributed by atoms with Crippen LogP contribution >= 0.6 is 0 Å². The second kappa shape index (κ2) is 6.01. The molecule has 2 saturated heterocycles. The van der Waals surface area contributed by atoms with E-state index in [4.69, 9.17) is 4.74 Å². The summed E-state index contributed by atoms with van der Waals surface area (Å²) in [7, 11) is 1.87. The number of likely N-dealkylation sites (N-methyl/N-ethyl adjacent to an activating group) is 1. The molecule has 0 aromatic heterocycles. The van der Waals surface area contributed by atoms with Gasteiger partial charge in [-0.1, -0.05) is 20.8 Å². The lowest BCUT2D eigenvalue weighted by Crippen LogP contribution is -2.52. The van der Waals surface area contributed by atoms with Crippen molar-refractivity contribution in [1.29, 1.82) is 0 Å². The van der Waals surface area contributed by atoms with Crippen LogP contribution in [0, 0.1) is 11.3 Å². The molecule has 2 aliphatic heterocycles. The summed E-state index contributed by atoms with van der Waals surface area (Å²) in [6.45, 7) is 9.46. The Kier molecular flexibility index (Phi) is 4.49. The molecule has 0 bridgehead atoms. The number of ether oxygens (including phenoxy) is 1. The maximum atomic E-state index is 11.8. The normalized spacial score (nSPS) is 39.6. The zero-order chi connectivity index (χ0) is 16.8. The average molecular weight is 324 g/mol. The van der Waals surface area contributed by atoms with E-state index in [1.807, 2.05) is 11.9 Å². The highest BCUT2D eigenvalue weighted by Gasteiger charge is 2.45. The predicted octanol–water partition coefficient (Wildman–Crippen LogP) is 1.50. The van der Waals surface area contributed by atoms with Gasteiger partial charge in [-0.05, 0) is 37.0 Å². The van der Waals surface area contributed by atoms with Crippen molar-refractivity contribution < 1.29 is 14.6 Å². The Morgan fingerprint density at radius 2 is 1.91 bits per heavy atom. The molecule has 1 aliphatic carbocycles. The van der Waals surface area contributed by atoms with E-state index in [-0.39, 0.29) is 24.7 Å². The first kappa shape index (κ1) is 17.2. The minimum atomic E-state index is -0.572. The van der Waals surface area contributed by atoms with Crippen LogP contribution < -0.4 is 0 Å². The SMILES string of the molecule is CN1C(=O)CO[C@H]2CN(CC3(O)CCC(C(C)(C)C)CC3)C[C@@H]21. The predicted molar refractivity (Wildman–Crippen MR) is 89.1 cm³/mol. The van der Waals surface area contributed by atoms with Gasteiger partial charge in [0, 0.05) is 26.7 Å². The van der Waals surface area contributed by atoms with Crippen LogP contribution in [0.4, 0.5) is 0 Å². The van der Waals surface area contributed by atoms with Crippen molar-refractivity contribution in [2.24, 2.45) is 11.3 Å². The number of carbonyl (C=O) groups is 1. The zero-order valence-electron chi connectivity index (χ0n) is 15.0. The number of likely N-dealkylation sites (tertiary alicyclic amines) is 1. The third-order valence-corrected chi connectivity index (χ3v) is 6.28. The number of hydrogen-bond donors (Lipinski definition) is 1. The number of rotatable bonds is 2. The van der Waals surface area contributed by atoms with Crippen LogP contribution in [0.5, 0.6) is 0 Å². The smallest absolute Gasteiger partial charge is 0.248 e. The third kappa shape index (κ3) is 3.57. The van der Waals surface area contributed by atoms with Crippen LogP contribution in [0.25, 0.3) is 0 Å². The van der Waals surface area contributed by atoms with E-state index in [1.54, 1.807) is 0 Å². The standard InChI is InChI=1S/C18H32N2O3/c1-17(2,3)13-5-7-18(22,8-6-13)12-20-9-14-15(10-20)23-11-16(21)19(14)4/h13-15,22H,5-12H2,1-4H3/t13?,14-,15-,18?/m0/s1.